The fourth-order valence-electron chi connectivity index (χ4n) is 4.60. The molecule has 0 unspecified atom stereocenters. The average molecular weight is 290 g/mol. The van der Waals surface area contributed by atoms with E-state index in [9.17, 15) is 0 Å². The molecular weight excluding hydrogens is 256 g/mol. The smallest absolute Gasteiger partial charge is 0.0376 e. The summed E-state index contributed by atoms with van der Waals surface area (Å²) in [5.74, 6) is 0. The zero-order chi connectivity index (χ0) is 13.4. The molecule has 0 rings (SSSR count). The molecule has 0 spiro atoms. The van der Waals surface area contributed by atoms with E-state index in [1.807, 2.05) is 0 Å². The summed E-state index contributed by atoms with van der Waals surface area (Å²) in [5.41, 5.74) is 0. The summed E-state index contributed by atoms with van der Waals surface area (Å²) in [7, 11) is -2.99. The Balaban J connectivity index is 5.82. The molecule has 0 N–H and O–H groups in total. The van der Waals surface area contributed by atoms with Crippen LogP contribution in [0.25, 0.3) is 0 Å². The van der Waals surface area contributed by atoms with Crippen LogP contribution in [0.15, 0.2) is 0 Å². The van der Waals surface area contributed by atoms with Crippen molar-refractivity contribution >= 4 is 29.4 Å². The maximum atomic E-state index is 2.67. The quantitative estimate of drug-likeness (QED) is 0.631. The molecular formula is C12H33Si4. The summed E-state index contributed by atoms with van der Waals surface area (Å²) in [5, 5.41) is 0. The van der Waals surface area contributed by atoms with E-state index in [-0.39, 0.29) is 0 Å². The molecule has 0 fully saturated rings. The highest BCUT2D eigenvalue weighted by molar-refractivity contribution is 7.89. The van der Waals surface area contributed by atoms with Crippen molar-refractivity contribution in [3.05, 3.63) is 6.42 Å². The van der Waals surface area contributed by atoms with E-state index in [0.29, 0.717) is 0 Å². The molecule has 16 heavy (non-hydrogen) atoms. The van der Waals surface area contributed by atoms with Crippen LogP contribution in [0.4, 0.5) is 0 Å². The number of hydrogen-bond acceptors (Lipinski definition) is 0. The lowest BCUT2D eigenvalue weighted by Crippen LogP contribution is -2.82. The van der Waals surface area contributed by atoms with Gasteiger partial charge in [0.15, 0.2) is 0 Å². The van der Waals surface area contributed by atoms with E-state index in [0.717, 1.165) is 0 Å². The third kappa shape index (κ3) is 2.82. The van der Waals surface area contributed by atoms with Gasteiger partial charge in [0.2, 0.25) is 0 Å². The van der Waals surface area contributed by atoms with Crippen molar-refractivity contribution in [2.45, 2.75) is 71.9 Å². The maximum Gasteiger partial charge on any atom is 0.0376 e. The van der Waals surface area contributed by atoms with Crippen LogP contribution in [0.5, 0.6) is 0 Å². The van der Waals surface area contributed by atoms with Gasteiger partial charge in [-0.15, -0.1) is 0 Å². The van der Waals surface area contributed by atoms with E-state index in [2.05, 4.69) is 72.3 Å². The second-order valence-corrected chi connectivity index (χ2v) is 49.7. The highest BCUT2D eigenvalue weighted by Gasteiger charge is 2.60. The summed E-state index contributed by atoms with van der Waals surface area (Å²) in [6.45, 7) is 25.2. The first kappa shape index (κ1) is 16.9. The minimum atomic E-state index is -1.04. The van der Waals surface area contributed by atoms with Gasteiger partial charge >= 0.3 is 0 Å². The van der Waals surface area contributed by atoms with Crippen LogP contribution in [0, 0.1) is 6.42 Å². The lowest BCUT2D eigenvalue weighted by molar-refractivity contribution is 1.36. The van der Waals surface area contributed by atoms with Crippen molar-refractivity contribution in [1.29, 1.82) is 0 Å². The molecule has 0 nitrogen and oxygen atoms in total. The monoisotopic (exact) mass is 289 g/mol. The first-order chi connectivity index (χ1) is 6.81. The average Bonchev–Trinajstić information content (AvgIpc) is 1.91. The van der Waals surface area contributed by atoms with Gasteiger partial charge in [-0.3, -0.25) is 0 Å². The molecule has 0 aromatic rings. The van der Waals surface area contributed by atoms with E-state index in [4.69, 9.17) is 0 Å². The molecule has 0 aliphatic heterocycles. The molecule has 0 aliphatic carbocycles. The minimum absolute atomic E-state index is 0.998. The van der Waals surface area contributed by atoms with Crippen molar-refractivity contribution < 1.29 is 0 Å². The van der Waals surface area contributed by atoms with Crippen LogP contribution in [0.1, 0.15) is 6.92 Å². The Hall–Kier alpha value is 0.868. The van der Waals surface area contributed by atoms with Crippen LogP contribution in [-0.2, 0) is 0 Å². The van der Waals surface area contributed by atoms with Crippen molar-refractivity contribution in [3.63, 3.8) is 0 Å². The zero-order valence-electron chi connectivity index (χ0n) is 13.3. The van der Waals surface area contributed by atoms with Gasteiger partial charge < -0.3 is 0 Å². The Bertz CT molecular complexity index is 191. The first-order valence-corrected chi connectivity index (χ1v) is 22.3. The van der Waals surface area contributed by atoms with Gasteiger partial charge in [0.25, 0.3) is 0 Å². The molecule has 1 radical (unpaired) electrons. The fourth-order valence-corrected chi connectivity index (χ4v) is 102. The number of rotatable bonds is 5. The molecule has 0 saturated heterocycles. The summed E-state index contributed by atoms with van der Waals surface area (Å²) < 4.78 is 0. The second-order valence-electron chi connectivity index (χ2n) is 8.27. The van der Waals surface area contributed by atoms with E-state index in [1.165, 1.54) is 6.04 Å². The third-order valence-electron chi connectivity index (χ3n) is 4.35. The summed E-state index contributed by atoms with van der Waals surface area (Å²) in [6, 6.07) is 1.51. The zero-order valence-corrected chi connectivity index (χ0v) is 17.3. The Kier molecular flexibility index (Phi) is 5.12. The van der Waals surface area contributed by atoms with Gasteiger partial charge in [0, 0.05) is 29.4 Å². The van der Waals surface area contributed by atoms with Crippen molar-refractivity contribution in [2.24, 2.45) is 0 Å². The van der Waals surface area contributed by atoms with Crippen LogP contribution >= 0.6 is 0 Å². The van der Waals surface area contributed by atoms with Gasteiger partial charge in [-0.2, -0.15) is 0 Å². The Labute approximate surface area is 108 Å². The molecule has 0 atom stereocenters. The normalized spacial score (nSPS) is 15.4. The van der Waals surface area contributed by atoms with Crippen LogP contribution in [-0.4, -0.2) is 29.4 Å². The molecule has 4 heteroatoms. The highest BCUT2D eigenvalue weighted by Crippen LogP contribution is 2.40. The van der Waals surface area contributed by atoms with Gasteiger partial charge in [0.1, 0.15) is 0 Å². The fraction of sp³-hybridized carbons (Fsp3) is 0.917. The predicted octanol–water partition coefficient (Wildman–Crippen LogP) is 4.91. The molecule has 0 saturated carbocycles. The predicted molar refractivity (Wildman–Crippen MR) is 90.6 cm³/mol. The molecule has 0 aromatic heterocycles. The molecule has 0 amide bonds. The van der Waals surface area contributed by atoms with E-state index >= 15 is 0 Å². The van der Waals surface area contributed by atoms with Crippen molar-refractivity contribution in [3.8, 4) is 0 Å². The lowest BCUT2D eigenvalue weighted by Gasteiger charge is -2.57. The standard InChI is InChI=1S/C12H33Si4/c1-11-12-16(13(2,3)4,14(5,6)7)15(8,9)10/h11H,12H2,1-10H3. The Morgan fingerprint density at radius 1 is 0.625 bits per heavy atom. The SMILES string of the molecule is C[CH]C[Si]([Si](C)(C)C)([Si](C)(C)C)[Si](C)(C)C. The highest BCUT2D eigenvalue weighted by atomic mass is 29.9. The van der Waals surface area contributed by atoms with Crippen LogP contribution in [0.2, 0.25) is 65.0 Å². The third-order valence-corrected chi connectivity index (χ3v) is 78.4. The van der Waals surface area contributed by atoms with E-state index in [1.54, 1.807) is 0 Å². The summed E-state index contributed by atoms with van der Waals surface area (Å²) >= 11 is 0. The molecule has 0 aromatic carbocycles. The molecule has 0 bridgehead atoms. The first-order valence-electron chi connectivity index (χ1n) is 6.59. The molecule has 0 aliphatic rings. The topological polar surface area (TPSA) is 0 Å². The number of hydrogen-bond donors (Lipinski definition) is 0. The Morgan fingerprint density at radius 3 is 0.938 bits per heavy atom. The van der Waals surface area contributed by atoms with Crippen molar-refractivity contribution in [2.75, 3.05) is 0 Å². The minimum Gasteiger partial charge on any atom is -0.0718 e. The molecule has 0 heterocycles. The largest absolute Gasteiger partial charge is 0.0718 e. The van der Waals surface area contributed by atoms with Gasteiger partial charge in [-0.25, -0.2) is 0 Å². The van der Waals surface area contributed by atoms with Crippen molar-refractivity contribution in [1.82, 2.24) is 0 Å². The van der Waals surface area contributed by atoms with E-state index < -0.39 is 29.4 Å². The summed E-state index contributed by atoms with van der Waals surface area (Å²) in [6.07, 6.45) is 2.51. The van der Waals surface area contributed by atoms with Gasteiger partial charge in [-0.05, 0) is 6.42 Å². The van der Waals surface area contributed by atoms with Crippen LogP contribution < -0.4 is 0 Å². The molecule has 97 valence electrons. The maximum absolute atomic E-state index is 2.67. The lowest BCUT2D eigenvalue weighted by atomic mass is 10.6. The summed E-state index contributed by atoms with van der Waals surface area (Å²) in [4.78, 5) is 0. The Morgan fingerprint density at radius 2 is 0.875 bits per heavy atom. The second kappa shape index (κ2) is 4.86. The van der Waals surface area contributed by atoms with Crippen LogP contribution in [0.3, 0.4) is 0 Å². The van der Waals surface area contributed by atoms with Gasteiger partial charge in [0.05, 0.1) is 0 Å². The van der Waals surface area contributed by atoms with Gasteiger partial charge in [-0.1, -0.05) is 71.9 Å².